The lowest BCUT2D eigenvalue weighted by Crippen LogP contribution is -2.34. The Bertz CT molecular complexity index is 820. The van der Waals surface area contributed by atoms with E-state index in [2.05, 4.69) is 58.9 Å². The van der Waals surface area contributed by atoms with E-state index in [-0.39, 0.29) is 16.6 Å². The molecule has 1 aliphatic rings. The van der Waals surface area contributed by atoms with Gasteiger partial charge in [0.15, 0.2) is 5.78 Å². The highest BCUT2D eigenvalue weighted by Gasteiger charge is 2.37. The Balaban J connectivity index is 1.91. The van der Waals surface area contributed by atoms with Crippen molar-refractivity contribution in [2.75, 3.05) is 0 Å². The first-order valence-electron chi connectivity index (χ1n) is 9.13. The van der Waals surface area contributed by atoms with E-state index in [1.54, 1.807) is 6.08 Å². The summed E-state index contributed by atoms with van der Waals surface area (Å²) in [6, 6.07) is 14.5. The maximum atomic E-state index is 12.7. The van der Waals surface area contributed by atoms with Gasteiger partial charge < -0.3 is 0 Å². The first kappa shape index (κ1) is 17.7. The largest absolute Gasteiger partial charge is 0.289 e. The standard InChI is InChI=1S/C24H28O/c1-17-6-8-18(9-7-17)10-13-22(25)19-11-12-20-21(16-19)24(4,5)15-14-23(20,2)3/h6-13,16H,14-15H2,1-5H3. The summed E-state index contributed by atoms with van der Waals surface area (Å²) >= 11 is 0. The summed E-state index contributed by atoms with van der Waals surface area (Å²) in [5.41, 5.74) is 6.10. The van der Waals surface area contributed by atoms with Crippen LogP contribution in [0.3, 0.4) is 0 Å². The molecule has 25 heavy (non-hydrogen) atoms. The number of allylic oxidation sites excluding steroid dienone is 1. The molecule has 0 spiro atoms. The first-order valence-corrected chi connectivity index (χ1v) is 9.13. The smallest absolute Gasteiger partial charge is 0.185 e. The molecule has 1 nitrogen and oxygen atoms in total. The lowest BCUT2D eigenvalue weighted by molar-refractivity contribution is 0.104. The van der Waals surface area contributed by atoms with E-state index in [1.807, 2.05) is 24.3 Å². The fourth-order valence-corrected chi connectivity index (χ4v) is 3.69. The van der Waals surface area contributed by atoms with E-state index in [0.29, 0.717) is 0 Å². The van der Waals surface area contributed by atoms with Crippen LogP contribution in [0.1, 0.15) is 73.1 Å². The van der Waals surface area contributed by atoms with Crippen LogP contribution in [0, 0.1) is 6.92 Å². The van der Waals surface area contributed by atoms with Crippen molar-refractivity contribution >= 4 is 11.9 Å². The highest BCUT2D eigenvalue weighted by Crippen LogP contribution is 2.45. The van der Waals surface area contributed by atoms with Crippen LogP contribution in [0.2, 0.25) is 0 Å². The Kier molecular flexibility index (Phi) is 4.45. The zero-order valence-corrected chi connectivity index (χ0v) is 16.0. The topological polar surface area (TPSA) is 17.1 Å². The minimum Gasteiger partial charge on any atom is -0.289 e. The van der Waals surface area contributed by atoms with Gasteiger partial charge in [-0.25, -0.2) is 0 Å². The predicted octanol–water partition coefficient (Wildman–Crippen LogP) is 6.24. The zero-order chi connectivity index (χ0) is 18.2. The monoisotopic (exact) mass is 332 g/mol. The quantitative estimate of drug-likeness (QED) is 0.480. The molecular weight excluding hydrogens is 304 g/mol. The SMILES string of the molecule is Cc1ccc(C=CC(=O)c2ccc3c(c2)C(C)(C)CCC3(C)C)cc1. The molecule has 0 heterocycles. The van der Waals surface area contributed by atoms with Crippen molar-refractivity contribution in [2.45, 2.75) is 58.3 Å². The van der Waals surface area contributed by atoms with Crippen LogP contribution in [-0.2, 0) is 10.8 Å². The fourth-order valence-electron chi connectivity index (χ4n) is 3.69. The highest BCUT2D eigenvalue weighted by atomic mass is 16.1. The normalized spacial score (nSPS) is 18.1. The second kappa shape index (κ2) is 6.29. The van der Waals surface area contributed by atoms with Crippen molar-refractivity contribution in [1.82, 2.24) is 0 Å². The van der Waals surface area contributed by atoms with Crippen LogP contribution in [0.5, 0.6) is 0 Å². The number of benzene rings is 2. The van der Waals surface area contributed by atoms with Crippen LogP contribution in [0.4, 0.5) is 0 Å². The van der Waals surface area contributed by atoms with E-state index < -0.39 is 0 Å². The molecule has 0 fully saturated rings. The molecule has 2 aromatic carbocycles. The molecule has 1 heteroatoms. The summed E-state index contributed by atoms with van der Waals surface area (Å²) in [6.45, 7) is 11.3. The van der Waals surface area contributed by atoms with Gasteiger partial charge in [-0.05, 0) is 59.4 Å². The van der Waals surface area contributed by atoms with Gasteiger partial charge in [-0.2, -0.15) is 0 Å². The van der Waals surface area contributed by atoms with Gasteiger partial charge in [0, 0.05) is 5.56 Å². The average Bonchev–Trinajstić information content (AvgIpc) is 2.58. The lowest BCUT2D eigenvalue weighted by atomic mass is 9.63. The lowest BCUT2D eigenvalue weighted by Gasteiger charge is -2.42. The summed E-state index contributed by atoms with van der Waals surface area (Å²) in [6.07, 6.45) is 5.93. The third-order valence-electron chi connectivity index (χ3n) is 5.64. The Hall–Kier alpha value is -2.15. The van der Waals surface area contributed by atoms with Gasteiger partial charge >= 0.3 is 0 Å². The van der Waals surface area contributed by atoms with E-state index in [0.717, 1.165) is 17.5 Å². The minimum atomic E-state index is 0.0718. The fraction of sp³-hybridized carbons (Fsp3) is 0.375. The van der Waals surface area contributed by atoms with Gasteiger partial charge in [0.05, 0.1) is 0 Å². The number of carbonyl (C=O) groups is 1. The molecule has 0 aliphatic heterocycles. The minimum absolute atomic E-state index is 0.0718. The highest BCUT2D eigenvalue weighted by molar-refractivity contribution is 6.07. The van der Waals surface area contributed by atoms with Crippen LogP contribution >= 0.6 is 0 Å². The number of hydrogen-bond donors (Lipinski definition) is 0. The number of rotatable bonds is 3. The average molecular weight is 332 g/mol. The van der Waals surface area contributed by atoms with Gasteiger partial charge in [-0.15, -0.1) is 0 Å². The Labute approximate surface area is 151 Å². The molecule has 0 unspecified atom stereocenters. The zero-order valence-electron chi connectivity index (χ0n) is 16.0. The summed E-state index contributed by atoms with van der Waals surface area (Å²) in [4.78, 5) is 12.7. The van der Waals surface area contributed by atoms with Crippen molar-refractivity contribution < 1.29 is 4.79 Å². The maximum absolute atomic E-state index is 12.7. The van der Waals surface area contributed by atoms with Crippen LogP contribution in [0.15, 0.2) is 48.5 Å². The van der Waals surface area contributed by atoms with Gasteiger partial charge in [0.25, 0.3) is 0 Å². The molecule has 130 valence electrons. The van der Waals surface area contributed by atoms with Crippen molar-refractivity contribution in [3.8, 4) is 0 Å². The second-order valence-electron chi connectivity index (χ2n) is 8.64. The molecule has 0 saturated heterocycles. The second-order valence-corrected chi connectivity index (χ2v) is 8.64. The van der Waals surface area contributed by atoms with Gasteiger partial charge in [-0.3, -0.25) is 4.79 Å². The molecule has 1 aliphatic carbocycles. The summed E-state index contributed by atoms with van der Waals surface area (Å²) < 4.78 is 0. The Morgan fingerprint density at radius 2 is 1.48 bits per heavy atom. The predicted molar refractivity (Wildman–Crippen MR) is 106 cm³/mol. The summed E-state index contributed by atoms with van der Waals surface area (Å²) in [5.74, 6) is 0.0718. The van der Waals surface area contributed by atoms with Gasteiger partial charge in [-0.1, -0.05) is 75.7 Å². The Morgan fingerprint density at radius 3 is 2.12 bits per heavy atom. The van der Waals surface area contributed by atoms with E-state index in [4.69, 9.17) is 0 Å². The van der Waals surface area contributed by atoms with Crippen molar-refractivity contribution in [1.29, 1.82) is 0 Å². The van der Waals surface area contributed by atoms with Crippen molar-refractivity contribution in [3.63, 3.8) is 0 Å². The summed E-state index contributed by atoms with van der Waals surface area (Å²) in [5, 5.41) is 0. The number of aryl methyl sites for hydroxylation is 1. The first-order chi connectivity index (χ1) is 11.7. The number of ketones is 1. The Morgan fingerprint density at radius 1 is 0.880 bits per heavy atom. The molecule has 2 aromatic rings. The third kappa shape index (κ3) is 3.61. The van der Waals surface area contributed by atoms with Crippen LogP contribution in [0.25, 0.3) is 6.08 Å². The summed E-state index contributed by atoms with van der Waals surface area (Å²) in [7, 11) is 0. The molecule has 3 rings (SSSR count). The molecule has 0 bridgehead atoms. The molecule has 0 saturated carbocycles. The van der Waals surface area contributed by atoms with Gasteiger partial charge in [0.2, 0.25) is 0 Å². The van der Waals surface area contributed by atoms with Crippen LogP contribution < -0.4 is 0 Å². The van der Waals surface area contributed by atoms with Crippen molar-refractivity contribution in [3.05, 3.63) is 76.4 Å². The third-order valence-corrected chi connectivity index (χ3v) is 5.64. The van der Waals surface area contributed by atoms with E-state index >= 15 is 0 Å². The maximum Gasteiger partial charge on any atom is 0.185 e. The molecule has 0 N–H and O–H groups in total. The van der Waals surface area contributed by atoms with Crippen molar-refractivity contribution in [2.24, 2.45) is 0 Å². The number of hydrogen-bond acceptors (Lipinski definition) is 1. The van der Waals surface area contributed by atoms with E-state index in [9.17, 15) is 4.79 Å². The van der Waals surface area contributed by atoms with Gasteiger partial charge in [0.1, 0.15) is 0 Å². The molecule has 0 atom stereocenters. The van der Waals surface area contributed by atoms with Crippen LogP contribution in [-0.4, -0.2) is 5.78 Å². The number of carbonyl (C=O) groups excluding carboxylic acids is 1. The molecule has 0 amide bonds. The molecule has 0 aromatic heterocycles. The number of fused-ring (bicyclic) bond motifs is 1. The van der Waals surface area contributed by atoms with E-state index in [1.165, 1.54) is 23.1 Å². The molecule has 0 radical (unpaired) electrons. The molecular formula is C24H28O.